The minimum absolute atomic E-state index is 0.223. The van der Waals surface area contributed by atoms with Crippen LogP contribution < -0.4 is 0 Å². The number of rotatable bonds is 5. The average molecular weight is 194 g/mol. The number of carboxylic acid groups (broad SMARTS) is 1. The number of unbranched alkanes of at least 4 members (excludes halogenated alkanes) is 2. The molecule has 0 saturated heterocycles. The number of aliphatic carboxylic acids is 1. The van der Waals surface area contributed by atoms with E-state index in [-0.39, 0.29) is 12.3 Å². The van der Waals surface area contributed by atoms with Gasteiger partial charge < -0.3 is 5.11 Å². The topological polar surface area (TPSA) is 37.3 Å². The fourth-order valence-corrected chi connectivity index (χ4v) is 1.71. The monoisotopic (exact) mass is 194 g/mol. The summed E-state index contributed by atoms with van der Waals surface area (Å²) in [6, 6.07) is 0. The summed E-state index contributed by atoms with van der Waals surface area (Å²) in [5.74, 6) is -0.477. The standard InChI is InChI=1S/C12H18O2/c1-2-3-4-5-10-6-7-11(8-10)9-12(13)14/h5-7,11H,2-4,8-9H2,1H3,(H,13,14). The summed E-state index contributed by atoms with van der Waals surface area (Å²) in [6.07, 6.45) is 11.1. The third kappa shape index (κ3) is 3.77. The zero-order chi connectivity index (χ0) is 10.4. The minimum atomic E-state index is -0.700. The first kappa shape index (κ1) is 11.0. The van der Waals surface area contributed by atoms with Gasteiger partial charge >= 0.3 is 5.97 Å². The van der Waals surface area contributed by atoms with Gasteiger partial charge in [0, 0.05) is 0 Å². The Hall–Kier alpha value is -1.05. The first-order chi connectivity index (χ1) is 6.72. The van der Waals surface area contributed by atoms with Gasteiger partial charge in [0.15, 0.2) is 0 Å². The van der Waals surface area contributed by atoms with Crippen LogP contribution in [0.15, 0.2) is 23.8 Å². The number of carboxylic acids is 1. The van der Waals surface area contributed by atoms with Crippen LogP contribution in [0.5, 0.6) is 0 Å². The molecular weight excluding hydrogens is 176 g/mol. The lowest BCUT2D eigenvalue weighted by Gasteiger charge is -2.02. The van der Waals surface area contributed by atoms with E-state index in [1.807, 2.05) is 6.08 Å². The molecule has 1 atom stereocenters. The predicted molar refractivity (Wildman–Crippen MR) is 57.1 cm³/mol. The quantitative estimate of drug-likeness (QED) is 0.682. The van der Waals surface area contributed by atoms with E-state index >= 15 is 0 Å². The second kappa shape index (κ2) is 5.63. The van der Waals surface area contributed by atoms with Crippen LogP contribution in [-0.2, 0) is 4.79 Å². The van der Waals surface area contributed by atoms with Gasteiger partial charge in [-0.3, -0.25) is 4.79 Å². The highest BCUT2D eigenvalue weighted by Crippen LogP contribution is 2.25. The van der Waals surface area contributed by atoms with Crippen molar-refractivity contribution in [2.45, 2.75) is 39.0 Å². The Morgan fingerprint density at radius 3 is 3.14 bits per heavy atom. The summed E-state index contributed by atoms with van der Waals surface area (Å²) < 4.78 is 0. The molecule has 0 aromatic heterocycles. The Labute approximate surface area is 85.3 Å². The SMILES string of the molecule is CCCCC=C1C=CC(CC(=O)O)C1. The highest BCUT2D eigenvalue weighted by atomic mass is 16.4. The normalized spacial score (nSPS) is 23.2. The molecule has 0 amide bonds. The van der Waals surface area contributed by atoms with Crippen LogP contribution in [0.4, 0.5) is 0 Å². The second-order valence-corrected chi connectivity index (χ2v) is 3.84. The number of hydrogen-bond donors (Lipinski definition) is 1. The summed E-state index contributed by atoms with van der Waals surface area (Å²) in [5.41, 5.74) is 1.31. The summed E-state index contributed by atoms with van der Waals surface area (Å²) >= 11 is 0. The van der Waals surface area contributed by atoms with Gasteiger partial charge in [-0.15, -0.1) is 0 Å². The van der Waals surface area contributed by atoms with Crippen molar-refractivity contribution in [2.24, 2.45) is 5.92 Å². The zero-order valence-electron chi connectivity index (χ0n) is 8.70. The second-order valence-electron chi connectivity index (χ2n) is 3.84. The molecule has 0 heterocycles. The fourth-order valence-electron chi connectivity index (χ4n) is 1.71. The lowest BCUT2D eigenvalue weighted by Crippen LogP contribution is -2.02. The first-order valence-corrected chi connectivity index (χ1v) is 5.31. The van der Waals surface area contributed by atoms with Crippen LogP contribution in [0.3, 0.4) is 0 Å². The van der Waals surface area contributed by atoms with Crippen LogP contribution in [0.25, 0.3) is 0 Å². The van der Waals surface area contributed by atoms with Crippen molar-refractivity contribution in [1.82, 2.24) is 0 Å². The Bertz CT molecular complexity index is 251. The zero-order valence-corrected chi connectivity index (χ0v) is 8.70. The Balaban J connectivity index is 2.31. The Morgan fingerprint density at radius 1 is 1.71 bits per heavy atom. The molecule has 2 nitrogen and oxygen atoms in total. The number of hydrogen-bond acceptors (Lipinski definition) is 1. The largest absolute Gasteiger partial charge is 0.481 e. The van der Waals surface area contributed by atoms with Crippen molar-refractivity contribution in [3.05, 3.63) is 23.8 Å². The van der Waals surface area contributed by atoms with Gasteiger partial charge in [-0.2, -0.15) is 0 Å². The van der Waals surface area contributed by atoms with Crippen LogP contribution in [0, 0.1) is 5.92 Å². The number of carbonyl (C=O) groups is 1. The maximum Gasteiger partial charge on any atom is 0.303 e. The van der Waals surface area contributed by atoms with Crippen LogP contribution in [0.1, 0.15) is 39.0 Å². The molecule has 0 aromatic rings. The van der Waals surface area contributed by atoms with E-state index in [1.54, 1.807) is 0 Å². The van der Waals surface area contributed by atoms with Crippen molar-refractivity contribution in [2.75, 3.05) is 0 Å². The molecule has 0 aromatic carbocycles. The molecular formula is C12H18O2. The third-order valence-corrected chi connectivity index (χ3v) is 2.48. The molecule has 14 heavy (non-hydrogen) atoms. The molecule has 0 fully saturated rings. The molecule has 0 aliphatic heterocycles. The van der Waals surface area contributed by atoms with E-state index in [2.05, 4.69) is 19.1 Å². The number of allylic oxidation sites excluding steroid dienone is 4. The van der Waals surface area contributed by atoms with E-state index in [0.29, 0.717) is 0 Å². The maximum absolute atomic E-state index is 10.5. The van der Waals surface area contributed by atoms with E-state index in [9.17, 15) is 4.79 Å². The first-order valence-electron chi connectivity index (χ1n) is 5.31. The van der Waals surface area contributed by atoms with Crippen LogP contribution in [0.2, 0.25) is 0 Å². The fraction of sp³-hybridized carbons (Fsp3) is 0.583. The highest BCUT2D eigenvalue weighted by molar-refractivity contribution is 5.67. The molecule has 0 bridgehead atoms. The molecule has 1 N–H and O–H groups in total. The van der Waals surface area contributed by atoms with E-state index in [1.165, 1.54) is 18.4 Å². The van der Waals surface area contributed by atoms with Crippen LogP contribution >= 0.6 is 0 Å². The Morgan fingerprint density at radius 2 is 2.50 bits per heavy atom. The summed E-state index contributed by atoms with van der Waals surface area (Å²) in [4.78, 5) is 10.5. The maximum atomic E-state index is 10.5. The molecule has 0 saturated carbocycles. The van der Waals surface area contributed by atoms with Crippen molar-refractivity contribution in [3.63, 3.8) is 0 Å². The van der Waals surface area contributed by atoms with E-state index < -0.39 is 5.97 Å². The third-order valence-electron chi connectivity index (χ3n) is 2.48. The molecule has 78 valence electrons. The van der Waals surface area contributed by atoms with Gasteiger partial charge in [0.1, 0.15) is 0 Å². The van der Waals surface area contributed by atoms with Gasteiger partial charge in [-0.1, -0.05) is 43.6 Å². The Kier molecular flexibility index (Phi) is 4.44. The molecule has 1 rings (SSSR count). The lowest BCUT2D eigenvalue weighted by molar-refractivity contribution is -0.137. The molecule has 1 unspecified atom stereocenters. The van der Waals surface area contributed by atoms with Crippen molar-refractivity contribution >= 4 is 5.97 Å². The molecule has 0 spiro atoms. The van der Waals surface area contributed by atoms with Crippen molar-refractivity contribution in [3.8, 4) is 0 Å². The van der Waals surface area contributed by atoms with Crippen molar-refractivity contribution < 1.29 is 9.90 Å². The van der Waals surface area contributed by atoms with Gasteiger partial charge in [-0.05, 0) is 18.8 Å². The summed E-state index contributed by atoms with van der Waals surface area (Å²) in [5, 5.41) is 8.62. The average Bonchev–Trinajstić information content (AvgIpc) is 2.52. The predicted octanol–water partition coefficient (Wildman–Crippen LogP) is 3.15. The molecule has 1 aliphatic carbocycles. The highest BCUT2D eigenvalue weighted by Gasteiger charge is 2.15. The smallest absolute Gasteiger partial charge is 0.303 e. The lowest BCUT2D eigenvalue weighted by atomic mass is 10.0. The van der Waals surface area contributed by atoms with Crippen LogP contribution in [-0.4, -0.2) is 11.1 Å². The summed E-state index contributed by atoms with van der Waals surface area (Å²) in [7, 11) is 0. The van der Waals surface area contributed by atoms with Crippen molar-refractivity contribution in [1.29, 1.82) is 0 Å². The van der Waals surface area contributed by atoms with E-state index in [0.717, 1.165) is 12.8 Å². The molecule has 1 aliphatic rings. The van der Waals surface area contributed by atoms with Gasteiger partial charge in [0.05, 0.1) is 6.42 Å². The van der Waals surface area contributed by atoms with Gasteiger partial charge in [0.25, 0.3) is 0 Å². The minimum Gasteiger partial charge on any atom is -0.481 e. The van der Waals surface area contributed by atoms with Gasteiger partial charge in [-0.25, -0.2) is 0 Å². The summed E-state index contributed by atoms with van der Waals surface area (Å²) in [6.45, 7) is 2.18. The van der Waals surface area contributed by atoms with E-state index in [4.69, 9.17) is 5.11 Å². The molecule has 2 heteroatoms. The molecule has 0 radical (unpaired) electrons. The van der Waals surface area contributed by atoms with Gasteiger partial charge in [0.2, 0.25) is 0 Å².